The molecule has 1 aliphatic rings. The third-order valence-electron chi connectivity index (χ3n) is 6.24. The lowest BCUT2D eigenvalue weighted by Crippen LogP contribution is -2.31. The Bertz CT molecular complexity index is 1380. The van der Waals surface area contributed by atoms with Crippen molar-refractivity contribution in [2.24, 2.45) is 0 Å². The minimum atomic E-state index is -0.362. The molecule has 3 aromatic carbocycles. The zero-order valence-electron chi connectivity index (χ0n) is 18.3. The van der Waals surface area contributed by atoms with Crippen molar-refractivity contribution in [1.29, 1.82) is 0 Å². The molecule has 1 amide bonds. The van der Waals surface area contributed by atoms with Crippen molar-refractivity contribution < 1.29 is 4.79 Å². The fraction of sp³-hybridized carbons (Fsp3) is 0.222. The minimum absolute atomic E-state index is 0.0517. The molecule has 1 unspecified atom stereocenters. The van der Waals surface area contributed by atoms with E-state index in [-0.39, 0.29) is 17.4 Å². The standard InChI is InChI=1S/C27H25N3O2/c1-3-29-25(28-23-12-8-7-11-20(23)26(29)31)16-22-21-15-18(2)13-14-24(21)30(27(22)32)17-19-9-5-4-6-10-19/h4-15,22H,3,16-17H2,1-2H3. The SMILES string of the molecule is CCn1c(CC2C(=O)N(Cc3ccccc3)c3ccc(C)cc32)nc2ccccc2c1=O. The van der Waals surface area contributed by atoms with Crippen LogP contribution in [-0.4, -0.2) is 15.5 Å². The van der Waals surface area contributed by atoms with Gasteiger partial charge in [0.05, 0.1) is 23.4 Å². The second-order valence-electron chi connectivity index (χ2n) is 8.32. The van der Waals surface area contributed by atoms with Crippen LogP contribution in [0.25, 0.3) is 10.9 Å². The minimum Gasteiger partial charge on any atom is -0.307 e. The van der Waals surface area contributed by atoms with Crippen LogP contribution < -0.4 is 10.5 Å². The number of aromatic nitrogens is 2. The third kappa shape index (κ3) is 3.40. The Kier molecular flexibility index (Phi) is 5.10. The number of amides is 1. The van der Waals surface area contributed by atoms with Crippen molar-refractivity contribution in [1.82, 2.24) is 9.55 Å². The van der Waals surface area contributed by atoms with Crippen LogP contribution in [0.3, 0.4) is 0 Å². The largest absolute Gasteiger partial charge is 0.307 e. The van der Waals surface area contributed by atoms with Crippen molar-refractivity contribution >= 4 is 22.5 Å². The zero-order chi connectivity index (χ0) is 22.2. The summed E-state index contributed by atoms with van der Waals surface area (Å²) in [6, 6.07) is 23.6. The highest BCUT2D eigenvalue weighted by atomic mass is 16.2. The first-order valence-corrected chi connectivity index (χ1v) is 11.0. The second-order valence-corrected chi connectivity index (χ2v) is 8.32. The average molecular weight is 424 g/mol. The monoisotopic (exact) mass is 423 g/mol. The first-order valence-electron chi connectivity index (χ1n) is 11.0. The molecule has 2 heterocycles. The van der Waals surface area contributed by atoms with Gasteiger partial charge in [0, 0.05) is 18.7 Å². The van der Waals surface area contributed by atoms with Gasteiger partial charge >= 0.3 is 0 Å². The van der Waals surface area contributed by atoms with E-state index in [1.807, 2.05) is 85.5 Å². The molecule has 0 aliphatic carbocycles. The Morgan fingerprint density at radius 3 is 2.47 bits per heavy atom. The first-order chi connectivity index (χ1) is 15.6. The fourth-order valence-electron chi connectivity index (χ4n) is 4.64. The summed E-state index contributed by atoms with van der Waals surface area (Å²) in [6.07, 6.45) is 0.397. The van der Waals surface area contributed by atoms with Crippen LogP contribution in [-0.2, 0) is 24.3 Å². The van der Waals surface area contributed by atoms with E-state index in [1.54, 1.807) is 4.57 Å². The summed E-state index contributed by atoms with van der Waals surface area (Å²) in [4.78, 5) is 33.4. The summed E-state index contributed by atoms with van der Waals surface area (Å²) >= 11 is 0. The van der Waals surface area contributed by atoms with Crippen molar-refractivity contribution in [3.63, 3.8) is 0 Å². The molecule has 5 nitrogen and oxygen atoms in total. The number of rotatable bonds is 5. The Balaban J connectivity index is 1.58. The lowest BCUT2D eigenvalue weighted by atomic mass is 9.95. The zero-order valence-corrected chi connectivity index (χ0v) is 18.3. The molecule has 0 saturated heterocycles. The molecular weight excluding hydrogens is 398 g/mol. The van der Waals surface area contributed by atoms with Gasteiger partial charge in [-0.3, -0.25) is 14.2 Å². The van der Waals surface area contributed by atoms with Gasteiger partial charge in [-0.15, -0.1) is 0 Å². The molecule has 0 N–H and O–H groups in total. The summed E-state index contributed by atoms with van der Waals surface area (Å²) in [6.45, 7) is 5.02. The van der Waals surface area contributed by atoms with Crippen molar-refractivity contribution in [2.45, 2.75) is 39.3 Å². The molecule has 0 fully saturated rings. The molecule has 5 rings (SSSR count). The summed E-state index contributed by atoms with van der Waals surface area (Å²) in [5, 5.41) is 0.609. The van der Waals surface area contributed by atoms with Gasteiger partial charge < -0.3 is 4.90 Å². The number of hydrogen-bond donors (Lipinski definition) is 0. The van der Waals surface area contributed by atoms with Gasteiger partial charge in [-0.25, -0.2) is 4.98 Å². The number of para-hydroxylation sites is 1. The van der Waals surface area contributed by atoms with Gasteiger partial charge in [-0.05, 0) is 43.2 Å². The summed E-state index contributed by atoms with van der Waals surface area (Å²) in [5.74, 6) is 0.350. The lowest BCUT2D eigenvalue weighted by molar-refractivity contribution is -0.119. The predicted octanol–water partition coefficient (Wildman–Crippen LogP) is 4.60. The second kappa shape index (κ2) is 8.08. The van der Waals surface area contributed by atoms with Gasteiger partial charge in [0.15, 0.2) is 0 Å². The quantitative estimate of drug-likeness (QED) is 0.471. The third-order valence-corrected chi connectivity index (χ3v) is 6.24. The highest BCUT2D eigenvalue weighted by Gasteiger charge is 2.38. The van der Waals surface area contributed by atoms with Crippen LogP contribution in [0.1, 0.15) is 35.4 Å². The van der Waals surface area contributed by atoms with Crippen LogP contribution >= 0.6 is 0 Å². The van der Waals surface area contributed by atoms with Crippen molar-refractivity contribution in [3.8, 4) is 0 Å². The van der Waals surface area contributed by atoms with Gasteiger partial charge in [0.1, 0.15) is 5.82 Å². The number of aryl methyl sites for hydroxylation is 1. The summed E-state index contributed by atoms with van der Waals surface area (Å²) < 4.78 is 1.70. The number of carbonyl (C=O) groups excluding carboxylic acids is 1. The van der Waals surface area contributed by atoms with E-state index >= 15 is 0 Å². The highest BCUT2D eigenvalue weighted by molar-refractivity contribution is 6.05. The number of fused-ring (bicyclic) bond motifs is 2. The maximum absolute atomic E-state index is 13.6. The molecule has 1 aromatic heterocycles. The molecule has 4 aromatic rings. The first kappa shape index (κ1) is 20.2. The molecule has 0 radical (unpaired) electrons. The van der Waals surface area contributed by atoms with Crippen LogP contribution in [0.4, 0.5) is 5.69 Å². The Labute approximate surface area is 187 Å². The lowest BCUT2D eigenvalue weighted by Gasteiger charge is -2.19. The predicted molar refractivity (Wildman–Crippen MR) is 127 cm³/mol. The van der Waals surface area contributed by atoms with E-state index in [9.17, 15) is 9.59 Å². The van der Waals surface area contributed by atoms with Crippen LogP contribution in [0.15, 0.2) is 77.6 Å². The number of anilines is 1. The number of carbonyl (C=O) groups is 1. The Hall–Kier alpha value is -3.73. The number of benzene rings is 3. The maximum atomic E-state index is 13.6. The number of hydrogen-bond acceptors (Lipinski definition) is 3. The van der Waals surface area contributed by atoms with E-state index in [1.165, 1.54) is 0 Å². The normalized spacial score (nSPS) is 15.4. The van der Waals surface area contributed by atoms with E-state index in [0.29, 0.717) is 36.2 Å². The fourth-order valence-corrected chi connectivity index (χ4v) is 4.64. The van der Waals surface area contributed by atoms with Gasteiger partial charge in [-0.2, -0.15) is 0 Å². The molecule has 0 saturated carbocycles. The molecule has 0 bridgehead atoms. The van der Waals surface area contributed by atoms with Crippen LogP contribution in [0, 0.1) is 6.92 Å². The summed E-state index contributed by atoms with van der Waals surface area (Å²) in [5.41, 5.74) is 4.78. The van der Waals surface area contributed by atoms with Gasteiger partial charge in [0.25, 0.3) is 5.56 Å². The Morgan fingerprint density at radius 1 is 0.938 bits per heavy atom. The van der Waals surface area contributed by atoms with Gasteiger partial charge in [0.2, 0.25) is 5.91 Å². The molecule has 1 aliphatic heterocycles. The molecule has 160 valence electrons. The number of nitrogens with zero attached hydrogens (tertiary/aromatic N) is 3. The Morgan fingerprint density at radius 2 is 1.69 bits per heavy atom. The van der Waals surface area contributed by atoms with Crippen molar-refractivity contribution in [2.75, 3.05) is 4.90 Å². The van der Waals surface area contributed by atoms with Crippen LogP contribution in [0.2, 0.25) is 0 Å². The smallest absolute Gasteiger partial charge is 0.261 e. The molecular formula is C27H25N3O2. The molecule has 1 atom stereocenters. The topological polar surface area (TPSA) is 55.2 Å². The molecule has 32 heavy (non-hydrogen) atoms. The van der Waals surface area contributed by atoms with Crippen molar-refractivity contribution in [3.05, 3.63) is 106 Å². The van der Waals surface area contributed by atoms with Crippen LogP contribution in [0.5, 0.6) is 0 Å². The molecule has 0 spiro atoms. The van der Waals surface area contributed by atoms with E-state index in [2.05, 4.69) is 6.07 Å². The van der Waals surface area contributed by atoms with E-state index < -0.39 is 0 Å². The average Bonchev–Trinajstić information content (AvgIpc) is 3.05. The molecule has 5 heteroatoms. The van der Waals surface area contributed by atoms with E-state index in [4.69, 9.17) is 4.98 Å². The van der Waals surface area contributed by atoms with Gasteiger partial charge in [-0.1, -0.05) is 60.2 Å². The maximum Gasteiger partial charge on any atom is 0.261 e. The van der Waals surface area contributed by atoms with E-state index in [0.717, 1.165) is 22.4 Å². The highest BCUT2D eigenvalue weighted by Crippen LogP contribution is 2.40. The summed E-state index contributed by atoms with van der Waals surface area (Å²) in [7, 11) is 0.